The van der Waals surface area contributed by atoms with Crippen molar-refractivity contribution in [3.63, 3.8) is 0 Å². The molecule has 0 bridgehead atoms. The Morgan fingerprint density at radius 2 is 1.31 bits per heavy atom. The zero-order valence-electron chi connectivity index (χ0n) is 21.5. The fourth-order valence-electron chi connectivity index (χ4n) is 3.97. The third kappa shape index (κ3) is 8.03. The Kier molecular flexibility index (Phi) is 9.37. The maximum atomic E-state index is 12.5. The molecule has 2 fully saturated rings. The molecule has 7 heteroatoms. The zero-order chi connectivity index (χ0) is 25.3. The molecule has 2 aromatic carbocycles. The topological polar surface area (TPSA) is 72.5 Å². The van der Waals surface area contributed by atoms with E-state index in [1.807, 2.05) is 24.3 Å². The van der Waals surface area contributed by atoms with E-state index in [0.717, 1.165) is 70.2 Å². The minimum Gasteiger partial charge on any atom is -0.494 e. The number of hydrogen-bond acceptors (Lipinski definition) is 7. The Labute approximate surface area is 214 Å². The predicted octanol–water partition coefficient (Wildman–Crippen LogP) is 4.71. The molecule has 0 spiro atoms. The van der Waals surface area contributed by atoms with Crippen LogP contribution in [0.1, 0.15) is 42.6 Å². The number of hydrogen-bond donors (Lipinski definition) is 0. The third-order valence-electron chi connectivity index (χ3n) is 6.41. The summed E-state index contributed by atoms with van der Waals surface area (Å²) < 4.78 is 33.3. The van der Waals surface area contributed by atoms with Gasteiger partial charge in [-0.3, -0.25) is 0 Å². The van der Waals surface area contributed by atoms with Gasteiger partial charge >= 0.3 is 5.97 Å². The van der Waals surface area contributed by atoms with Gasteiger partial charge in [0.2, 0.25) is 0 Å². The van der Waals surface area contributed by atoms with Gasteiger partial charge in [-0.15, -0.1) is 0 Å². The van der Waals surface area contributed by atoms with Crippen LogP contribution in [0.25, 0.3) is 0 Å². The summed E-state index contributed by atoms with van der Waals surface area (Å²) in [7, 11) is 0. The second-order valence-corrected chi connectivity index (χ2v) is 10.6. The number of unbranched alkanes of at least 4 members (excludes halogenated alkanes) is 1. The molecular formula is C29H38O7. The van der Waals surface area contributed by atoms with E-state index >= 15 is 0 Å². The highest BCUT2D eigenvalue weighted by Crippen LogP contribution is 2.27. The summed E-state index contributed by atoms with van der Waals surface area (Å²) in [5, 5.41) is 0. The van der Waals surface area contributed by atoms with Crippen LogP contribution in [0.2, 0.25) is 0 Å². The second-order valence-electron chi connectivity index (χ2n) is 10.6. The largest absolute Gasteiger partial charge is 0.494 e. The molecule has 0 atom stereocenters. The van der Waals surface area contributed by atoms with E-state index in [1.54, 1.807) is 24.3 Å². The van der Waals surface area contributed by atoms with Gasteiger partial charge in [0.05, 0.1) is 58.4 Å². The number of esters is 1. The normalized spacial score (nSPS) is 17.6. The van der Waals surface area contributed by atoms with Crippen molar-refractivity contribution >= 4 is 5.97 Å². The summed E-state index contributed by atoms with van der Waals surface area (Å²) in [5.41, 5.74) is 2.00. The molecule has 0 unspecified atom stereocenters. The fourth-order valence-corrected chi connectivity index (χ4v) is 3.97. The summed E-state index contributed by atoms with van der Waals surface area (Å²) in [6.07, 6.45) is 2.67. The van der Waals surface area contributed by atoms with Gasteiger partial charge in [0, 0.05) is 17.4 Å². The maximum absolute atomic E-state index is 12.5. The molecule has 36 heavy (non-hydrogen) atoms. The maximum Gasteiger partial charge on any atom is 0.343 e. The van der Waals surface area contributed by atoms with Crippen LogP contribution in [-0.2, 0) is 25.4 Å². The lowest BCUT2D eigenvalue weighted by molar-refractivity contribution is -0.138. The van der Waals surface area contributed by atoms with Crippen LogP contribution >= 0.6 is 0 Å². The third-order valence-corrected chi connectivity index (χ3v) is 6.41. The highest BCUT2D eigenvalue weighted by Gasteiger charge is 2.34. The second kappa shape index (κ2) is 12.7. The van der Waals surface area contributed by atoms with Crippen molar-refractivity contribution in [3.05, 3.63) is 59.7 Å². The Hall–Kier alpha value is -2.45. The van der Waals surface area contributed by atoms with Crippen molar-refractivity contribution in [1.82, 2.24) is 0 Å². The molecule has 0 radical (unpaired) electrons. The van der Waals surface area contributed by atoms with E-state index in [2.05, 4.69) is 13.8 Å². The lowest BCUT2D eigenvalue weighted by Crippen LogP contribution is -2.43. The molecule has 2 aliphatic rings. The predicted molar refractivity (Wildman–Crippen MR) is 136 cm³/mol. The van der Waals surface area contributed by atoms with E-state index in [0.29, 0.717) is 31.1 Å². The zero-order valence-corrected chi connectivity index (χ0v) is 21.5. The highest BCUT2D eigenvalue weighted by molar-refractivity contribution is 5.91. The summed E-state index contributed by atoms with van der Waals surface area (Å²) in [5.74, 6) is 0.854. The first-order valence-corrected chi connectivity index (χ1v) is 12.8. The van der Waals surface area contributed by atoms with Crippen LogP contribution in [0.5, 0.6) is 11.5 Å². The molecule has 2 aromatic rings. The van der Waals surface area contributed by atoms with E-state index in [-0.39, 0.29) is 16.8 Å². The molecular weight excluding hydrogens is 460 g/mol. The Morgan fingerprint density at radius 3 is 1.89 bits per heavy atom. The van der Waals surface area contributed by atoms with Gasteiger partial charge in [0.25, 0.3) is 0 Å². The first-order chi connectivity index (χ1) is 17.4. The van der Waals surface area contributed by atoms with Crippen molar-refractivity contribution in [2.75, 3.05) is 59.5 Å². The van der Waals surface area contributed by atoms with Crippen molar-refractivity contribution in [3.8, 4) is 11.5 Å². The summed E-state index contributed by atoms with van der Waals surface area (Å²) in [6, 6.07) is 14.6. The highest BCUT2D eigenvalue weighted by atomic mass is 16.5. The first kappa shape index (κ1) is 26.6. The number of carbonyl (C=O) groups excluding carboxylic acids is 1. The van der Waals surface area contributed by atoms with Gasteiger partial charge in [0.15, 0.2) is 0 Å². The molecule has 0 saturated carbocycles. The fraction of sp³-hybridized carbons (Fsp3) is 0.552. The Balaban J connectivity index is 1.09. The summed E-state index contributed by atoms with van der Waals surface area (Å²) in [4.78, 5) is 12.5. The Morgan fingerprint density at radius 1 is 0.750 bits per heavy atom. The quantitative estimate of drug-likeness (QED) is 0.200. The van der Waals surface area contributed by atoms with Crippen LogP contribution in [-0.4, -0.2) is 65.4 Å². The van der Waals surface area contributed by atoms with Gasteiger partial charge in [-0.2, -0.15) is 0 Å². The molecule has 7 nitrogen and oxygen atoms in total. The molecule has 0 aliphatic carbocycles. The number of ether oxygens (including phenoxy) is 6. The van der Waals surface area contributed by atoms with Gasteiger partial charge in [-0.05, 0) is 61.2 Å². The van der Waals surface area contributed by atoms with Crippen molar-refractivity contribution in [2.24, 2.45) is 10.8 Å². The molecule has 2 heterocycles. The smallest absolute Gasteiger partial charge is 0.343 e. The molecule has 0 amide bonds. The Bertz CT molecular complexity index is 947. The van der Waals surface area contributed by atoms with Crippen LogP contribution in [0.3, 0.4) is 0 Å². The monoisotopic (exact) mass is 498 g/mol. The summed E-state index contributed by atoms with van der Waals surface area (Å²) in [6.45, 7) is 10.9. The van der Waals surface area contributed by atoms with Crippen LogP contribution in [0.15, 0.2) is 48.5 Å². The molecule has 2 saturated heterocycles. The average molecular weight is 499 g/mol. The van der Waals surface area contributed by atoms with E-state index in [4.69, 9.17) is 28.4 Å². The van der Waals surface area contributed by atoms with Crippen molar-refractivity contribution in [1.29, 1.82) is 0 Å². The van der Waals surface area contributed by atoms with E-state index in [1.165, 1.54) is 0 Å². The average Bonchev–Trinajstić information content (AvgIpc) is 2.85. The number of rotatable bonds is 15. The lowest BCUT2D eigenvalue weighted by Gasteiger charge is -2.37. The number of carbonyl (C=O) groups is 1. The summed E-state index contributed by atoms with van der Waals surface area (Å²) >= 11 is 0. The standard InChI is InChI=1S/C29H38O7/c1-28(19-33-20-28)17-31-14-3-4-15-35-25-9-11-26(12-10-25)36-27(30)24-7-5-23(6-8-24)13-16-32-18-29(2)21-34-22-29/h5-12H,3-4,13-22H2,1-2H3. The number of benzene rings is 2. The van der Waals surface area contributed by atoms with Gasteiger partial charge in [0.1, 0.15) is 11.5 Å². The minimum atomic E-state index is -0.383. The molecule has 4 rings (SSSR count). The van der Waals surface area contributed by atoms with E-state index < -0.39 is 0 Å². The van der Waals surface area contributed by atoms with Gasteiger partial charge < -0.3 is 28.4 Å². The molecule has 2 aliphatic heterocycles. The van der Waals surface area contributed by atoms with Crippen LogP contribution in [0.4, 0.5) is 0 Å². The van der Waals surface area contributed by atoms with Crippen LogP contribution in [0, 0.1) is 10.8 Å². The lowest BCUT2D eigenvalue weighted by atomic mass is 9.90. The van der Waals surface area contributed by atoms with Gasteiger partial charge in [-0.1, -0.05) is 26.0 Å². The van der Waals surface area contributed by atoms with E-state index in [9.17, 15) is 4.79 Å². The van der Waals surface area contributed by atoms with Gasteiger partial charge in [-0.25, -0.2) is 4.79 Å². The van der Waals surface area contributed by atoms with Crippen LogP contribution < -0.4 is 9.47 Å². The minimum absolute atomic E-state index is 0.164. The van der Waals surface area contributed by atoms with Crippen molar-refractivity contribution in [2.45, 2.75) is 33.1 Å². The molecule has 0 N–H and O–H groups in total. The van der Waals surface area contributed by atoms with Crippen molar-refractivity contribution < 1.29 is 33.2 Å². The first-order valence-electron chi connectivity index (χ1n) is 12.8. The molecule has 0 aromatic heterocycles. The SMILES string of the molecule is CC1(COCCCCOc2ccc(OC(=O)c3ccc(CCOCC4(C)COC4)cc3)cc2)COC1. The molecule has 196 valence electrons.